The molecule has 3 heteroatoms. The molecule has 0 aromatic rings. The van der Waals surface area contributed by atoms with Crippen LogP contribution in [-0.2, 0) is 9.53 Å². The molecule has 0 aliphatic rings. The van der Waals surface area contributed by atoms with Gasteiger partial charge in [-0.2, -0.15) is 0 Å². The van der Waals surface area contributed by atoms with Crippen molar-refractivity contribution in [2.75, 3.05) is 21.1 Å². The van der Waals surface area contributed by atoms with Gasteiger partial charge in [-0.25, -0.2) is 0 Å². The number of hydrogen-bond donors (Lipinski definition) is 0. The SMILES string of the molecule is CCCC(CCC(=O)OC(C)(C)C)[N+](C)(C)C. The van der Waals surface area contributed by atoms with E-state index in [4.69, 9.17) is 4.74 Å². The van der Waals surface area contributed by atoms with E-state index < -0.39 is 0 Å². The van der Waals surface area contributed by atoms with E-state index in [1.54, 1.807) is 0 Å². The Balaban J connectivity index is 4.18. The first kappa shape index (κ1) is 16.4. The van der Waals surface area contributed by atoms with E-state index in [1.165, 1.54) is 0 Å². The fourth-order valence-electron chi connectivity index (χ4n) is 1.93. The van der Waals surface area contributed by atoms with Gasteiger partial charge in [-0.3, -0.25) is 4.79 Å². The maximum Gasteiger partial charge on any atom is 0.306 e. The van der Waals surface area contributed by atoms with Crippen LogP contribution in [0.2, 0.25) is 0 Å². The van der Waals surface area contributed by atoms with Gasteiger partial charge in [0, 0.05) is 6.42 Å². The minimum absolute atomic E-state index is 0.0768. The van der Waals surface area contributed by atoms with Gasteiger partial charge in [-0.1, -0.05) is 13.3 Å². The zero-order chi connectivity index (χ0) is 13.7. The average Bonchev–Trinajstić information content (AvgIpc) is 2.07. The quantitative estimate of drug-likeness (QED) is 0.530. The van der Waals surface area contributed by atoms with Crippen LogP contribution >= 0.6 is 0 Å². The van der Waals surface area contributed by atoms with Gasteiger partial charge in [0.25, 0.3) is 0 Å². The molecule has 0 amide bonds. The second-order valence-electron chi connectivity index (χ2n) is 6.68. The van der Waals surface area contributed by atoms with Crippen molar-refractivity contribution in [3.8, 4) is 0 Å². The number of rotatable bonds is 6. The average molecular weight is 244 g/mol. The van der Waals surface area contributed by atoms with Crippen molar-refractivity contribution in [2.24, 2.45) is 0 Å². The summed E-state index contributed by atoms with van der Waals surface area (Å²) in [6, 6.07) is 0.535. The lowest BCUT2D eigenvalue weighted by atomic mass is 10.0. The van der Waals surface area contributed by atoms with E-state index in [2.05, 4.69) is 28.1 Å². The molecular weight excluding hydrogens is 214 g/mol. The van der Waals surface area contributed by atoms with Gasteiger partial charge in [-0.05, 0) is 27.2 Å². The Morgan fingerprint density at radius 1 is 1.18 bits per heavy atom. The van der Waals surface area contributed by atoms with Crippen molar-refractivity contribution in [1.82, 2.24) is 0 Å². The molecule has 0 aromatic carbocycles. The molecule has 17 heavy (non-hydrogen) atoms. The summed E-state index contributed by atoms with van der Waals surface area (Å²) in [6.07, 6.45) is 3.75. The minimum atomic E-state index is -0.367. The molecule has 3 nitrogen and oxygen atoms in total. The highest BCUT2D eigenvalue weighted by Crippen LogP contribution is 2.17. The Kier molecular flexibility index (Phi) is 6.17. The third kappa shape index (κ3) is 8.19. The van der Waals surface area contributed by atoms with Crippen LogP contribution in [0.3, 0.4) is 0 Å². The van der Waals surface area contributed by atoms with Crippen molar-refractivity contribution in [3.05, 3.63) is 0 Å². The molecule has 0 aromatic heterocycles. The van der Waals surface area contributed by atoms with Crippen molar-refractivity contribution in [2.45, 2.75) is 65.0 Å². The molecule has 0 saturated carbocycles. The second-order valence-corrected chi connectivity index (χ2v) is 6.68. The van der Waals surface area contributed by atoms with E-state index in [9.17, 15) is 4.79 Å². The number of esters is 1. The minimum Gasteiger partial charge on any atom is -0.460 e. The second kappa shape index (κ2) is 6.39. The smallest absolute Gasteiger partial charge is 0.306 e. The zero-order valence-corrected chi connectivity index (χ0v) is 12.7. The largest absolute Gasteiger partial charge is 0.460 e. The Morgan fingerprint density at radius 3 is 2.06 bits per heavy atom. The Morgan fingerprint density at radius 2 is 1.71 bits per heavy atom. The number of carbonyl (C=O) groups is 1. The molecule has 0 aliphatic carbocycles. The van der Waals surface area contributed by atoms with Crippen LogP contribution in [0.5, 0.6) is 0 Å². The lowest BCUT2D eigenvalue weighted by molar-refractivity contribution is -0.896. The fourth-order valence-corrected chi connectivity index (χ4v) is 1.93. The molecule has 0 aliphatic heterocycles. The third-order valence-electron chi connectivity index (χ3n) is 2.82. The number of ether oxygens (including phenoxy) is 1. The van der Waals surface area contributed by atoms with Crippen LogP contribution in [0.25, 0.3) is 0 Å². The first-order valence-corrected chi connectivity index (χ1v) is 6.59. The predicted octanol–water partition coefficient (Wildman–Crippen LogP) is 2.98. The molecule has 0 N–H and O–H groups in total. The van der Waals surface area contributed by atoms with Gasteiger partial charge < -0.3 is 9.22 Å². The topological polar surface area (TPSA) is 26.3 Å². The summed E-state index contributed by atoms with van der Waals surface area (Å²) in [6.45, 7) is 7.92. The van der Waals surface area contributed by atoms with Crippen molar-refractivity contribution < 1.29 is 14.0 Å². The Hall–Kier alpha value is -0.570. The third-order valence-corrected chi connectivity index (χ3v) is 2.82. The molecule has 1 unspecified atom stereocenters. The van der Waals surface area contributed by atoms with Crippen LogP contribution in [0.4, 0.5) is 0 Å². The summed E-state index contributed by atoms with van der Waals surface area (Å²) in [7, 11) is 6.57. The van der Waals surface area contributed by atoms with Crippen LogP contribution < -0.4 is 0 Å². The molecule has 0 radical (unpaired) electrons. The van der Waals surface area contributed by atoms with Crippen molar-refractivity contribution in [1.29, 1.82) is 0 Å². The monoisotopic (exact) mass is 244 g/mol. The summed E-state index contributed by atoms with van der Waals surface area (Å²) in [4.78, 5) is 11.7. The number of hydrogen-bond acceptors (Lipinski definition) is 2. The molecule has 102 valence electrons. The summed E-state index contributed by atoms with van der Waals surface area (Å²) < 4.78 is 6.25. The summed E-state index contributed by atoms with van der Waals surface area (Å²) in [5.41, 5.74) is -0.367. The fraction of sp³-hybridized carbons (Fsp3) is 0.929. The molecule has 0 spiro atoms. The van der Waals surface area contributed by atoms with Crippen molar-refractivity contribution >= 4 is 5.97 Å². The Labute approximate surface area is 107 Å². The highest BCUT2D eigenvalue weighted by atomic mass is 16.6. The van der Waals surface area contributed by atoms with Gasteiger partial charge in [0.2, 0.25) is 0 Å². The van der Waals surface area contributed by atoms with Crippen LogP contribution in [0.15, 0.2) is 0 Å². The van der Waals surface area contributed by atoms with Gasteiger partial charge in [-0.15, -0.1) is 0 Å². The van der Waals surface area contributed by atoms with Gasteiger partial charge in [0.1, 0.15) is 5.60 Å². The normalized spacial score (nSPS) is 14.5. The maximum atomic E-state index is 11.7. The van der Waals surface area contributed by atoms with Crippen LogP contribution in [-0.4, -0.2) is 43.2 Å². The number of carbonyl (C=O) groups excluding carboxylic acids is 1. The van der Waals surface area contributed by atoms with Crippen LogP contribution in [0, 0.1) is 0 Å². The number of nitrogens with zero attached hydrogens (tertiary/aromatic N) is 1. The first-order chi connectivity index (χ1) is 7.56. The molecule has 0 saturated heterocycles. The lowest BCUT2D eigenvalue weighted by Gasteiger charge is -2.34. The maximum absolute atomic E-state index is 11.7. The van der Waals surface area contributed by atoms with Crippen LogP contribution in [0.1, 0.15) is 53.4 Å². The van der Waals surface area contributed by atoms with E-state index in [0.717, 1.165) is 23.7 Å². The summed E-state index contributed by atoms with van der Waals surface area (Å²) in [5, 5.41) is 0. The lowest BCUT2D eigenvalue weighted by Crippen LogP contribution is -2.45. The highest BCUT2D eigenvalue weighted by molar-refractivity contribution is 5.69. The molecular formula is C14H30NO2+. The van der Waals surface area contributed by atoms with Gasteiger partial charge >= 0.3 is 5.97 Å². The van der Waals surface area contributed by atoms with E-state index in [-0.39, 0.29) is 11.6 Å². The van der Waals surface area contributed by atoms with E-state index in [1.807, 2.05) is 20.8 Å². The van der Waals surface area contributed by atoms with Gasteiger partial charge in [0.15, 0.2) is 0 Å². The highest BCUT2D eigenvalue weighted by Gasteiger charge is 2.25. The molecule has 0 rings (SSSR count). The van der Waals surface area contributed by atoms with E-state index in [0.29, 0.717) is 12.5 Å². The zero-order valence-electron chi connectivity index (χ0n) is 12.7. The molecule has 0 fully saturated rings. The Bertz CT molecular complexity index is 236. The van der Waals surface area contributed by atoms with Crippen molar-refractivity contribution in [3.63, 3.8) is 0 Å². The summed E-state index contributed by atoms with van der Waals surface area (Å²) in [5.74, 6) is -0.0768. The summed E-state index contributed by atoms with van der Waals surface area (Å²) >= 11 is 0. The molecule has 1 atom stereocenters. The van der Waals surface area contributed by atoms with E-state index >= 15 is 0 Å². The predicted molar refractivity (Wildman–Crippen MR) is 71.8 cm³/mol. The standard InChI is InChI=1S/C14H30NO2/c1-8-9-12(15(5,6)7)10-11-13(16)17-14(2,3)4/h12H,8-11H2,1-7H3/q+1. The molecule has 0 bridgehead atoms. The first-order valence-electron chi connectivity index (χ1n) is 6.59. The molecule has 0 heterocycles. The number of quaternary nitrogens is 1. The van der Waals surface area contributed by atoms with Gasteiger partial charge in [0.05, 0.1) is 33.6 Å².